The van der Waals surface area contributed by atoms with E-state index in [1.54, 1.807) is 50.2 Å². The summed E-state index contributed by atoms with van der Waals surface area (Å²) >= 11 is 13.5. The summed E-state index contributed by atoms with van der Waals surface area (Å²) in [5.41, 5.74) is 2.01. The second-order valence-corrected chi connectivity index (χ2v) is 12.8. The van der Waals surface area contributed by atoms with Crippen LogP contribution in [0.25, 0.3) is 6.08 Å². The Bertz CT molecular complexity index is 2010. The van der Waals surface area contributed by atoms with E-state index in [0.717, 1.165) is 16.9 Å². The lowest BCUT2D eigenvalue weighted by Gasteiger charge is -2.24. The number of nitrogens with zero attached hydrogens (tertiary/aromatic N) is 2. The molecule has 0 radical (unpaired) electrons. The molecule has 0 spiro atoms. The van der Waals surface area contributed by atoms with Crippen molar-refractivity contribution in [3.8, 4) is 5.75 Å². The lowest BCUT2D eigenvalue weighted by atomic mass is 9.96. The Labute approximate surface area is 255 Å². The van der Waals surface area contributed by atoms with Crippen LogP contribution in [0.15, 0.2) is 92.7 Å². The molecule has 2 heterocycles. The number of ether oxygens (including phenoxy) is 1. The lowest BCUT2D eigenvalue weighted by Crippen LogP contribution is -2.39. The number of rotatable bonds is 7. The predicted octanol–water partition coefficient (Wildman–Crippen LogP) is 5.18. The molecule has 1 aliphatic heterocycles. The number of fused-ring (bicyclic) bond motifs is 1. The quantitative estimate of drug-likeness (QED) is 0.203. The van der Waals surface area contributed by atoms with Gasteiger partial charge in [-0.15, -0.1) is 0 Å². The van der Waals surface area contributed by atoms with Crippen LogP contribution >= 0.6 is 34.5 Å². The Morgan fingerprint density at radius 2 is 1.69 bits per heavy atom. The van der Waals surface area contributed by atoms with E-state index in [1.807, 2.05) is 6.92 Å². The molecular formula is C30H24Cl2N2O6S2. The molecule has 0 fully saturated rings. The zero-order chi connectivity index (χ0) is 30.2. The summed E-state index contributed by atoms with van der Waals surface area (Å²) in [4.78, 5) is 31.9. The molecule has 12 heteroatoms. The van der Waals surface area contributed by atoms with Gasteiger partial charge in [0.1, 0.15) is 10.6 Å². The van der Waals surface area contributed by atoms with Crippen molar-refractivity contribution < 1.29 is 22.1 Å². The highest BCUT2D eigenvalue weighted by atomic mass is 35.5. The van der Waals surface area contributed by atoms with Crippen LogP contribution in [0.5, 0.6) is 5.75 Å². The van der Waals surface area contributed by atoms with Gasteiger partial charge in [0.05, 0.1) is 28.5 Å². The lowest BCUT2D eigenvalue weighted by molar-refractivity contribution is -0.139. The van der Waals surface area contributed by atoms with Gasteiger partial charge in [0.15, 0.2) is 4.80 Å². The average molecular weight is 644 g/mol. The molecule has 0 N–H and O–H groups in total. The molecule has 0 aliphatic carbocycles. The Hall–Kier alpha value is -3.70. The number of aromatic nitrogens is 1. The van der Waals surface area contributed by atoms with Crippen molar-refractivity contribution in [1.29, 1.82) is 0 Å². The minimum absolute atomic E-state index is 0.0107. The van der Waals surface area contributed by atoms with Gasteiger partial charge in [0, 0.05) is 15.6 Å². The molecule has 1 aromatic heterocycles. The molecule has 5 rings (SSSR count). The van der Waals surface area contributed by atoms with Gasteiger partial charge in [-0.05, 0) is 74.9 Å². The zero-order valence-electron chi connectivity index (χ0n) is 22.6. The molecule has 0 amide bonds. The summed E-state index contributed by atoms with van der Waals surface area (Å²) < 4.78 is 38.5. The monoisotopic (exact) mass is 642 g/mol. The van der Waals surface area contributed by atoms with Crippen LogP contribution < -0.4 is 19.1 Å². The summed E-state index contributed by atoms with van der Waals surface area (Å²) in [6.07, 6.45) is 1.50. The third-order valence-corrected chi connectivity index (χ3v) is 9.19. The van der Waals surface area contributed by atoms with Crippen LogP contribution in [0.4, 0.5) is 0 Å². The van der Waals surface area contributed by atoms with Gasteiger partial charge in [-0.25, -0.2) is 9.79 Å². The van der Waals surface area contributed by atoms with Crippen molar-refractivity contribution in [2.75, 3.05) is 6.61 Å². The van der Waals surface area contributed by atoms with Crippen molar-refractivity contribution in [3.63, 3.8) is 0 Å². The average Bonchev–Trinajstić information content (AvgIpc) is 3.24. The number of thiazole rings is 1. The van der Waals surface area contributed by atoms with Gasteiger partial charge in [-0.1, -0.05) is 64.4 Å². The number of benzene rings is 3. The van der Waals surface area contributed by atoms with E-state index in [0.29, 0.717) is 26.1 Å². The molecule has 0 unspecified atom stereocenters. The van der Waals surface area contributed by atoms with Crippen LogP contribution in [-0.4, -0.2) is 25.6 Å². The van der Waals surface area contributed by atoms with E-state index in [1.165, 1.54) is 41.0 Å². The van der Waals surface area contributed by atoms with E-state index < -0.39 is 27.7 Å². The van der Waals surface area contributed by atoms with Gasteiger partial charge in [0.2, 0.25) is 0 Å². The Morgan fingerprint density at radius 3 is 2.36 bits per heavy atom. The van der Waals surface area contributed by atoms with Crippen LogP contribution in [0.2, 0.25) is 10.0 Å². The number of hydrogen-bond donors (Lipinski definition) is 0. The number of halogens is 2. The molecule has 0 saturated carbocycles. The van der Waals surface area contributed by atoms with Gasteiger partial charge >= 0.3 is 16.1 Å². The molecule has 8 nitrogen and oxygen atoms in total. The maximum absolute atomic E-state index is 13.9. The standard InChI is InChI=1S/C30H24Cl2N2O6S2/c1-4-39-29(36)26-18(3)33-30-34(27(26)19-7-9-21(31)10-8-19)28(35)25(41-30)16-20-15-22(32)11-14-24(20)40-42(37,38)23-12-5-17(2)6-13-23/h5-16,27H,4H2,1-3H3/b25-16-/t27-/m1/s1. The molecule has 4 aromatic rings. The van der Waals surface area contributed by atoms with Crippen molar-refractivity contribution in [2.45, 2.75) is 31.7 Å². The van der Waals surface area contributed by atoms with Crippen molar-refractivity contribution in [2.24, 2.45) is 4.99 Å². The minimum atomic E-state index is -4.18. The molecule has 1 aliphatic rings. The fraction of sp³-hybridized carbons (Fsp3) is 0.167. The van der Waals surface area contributed by atoms with Gasteiger partial charge < -0.3 is 8.92 Å². The van der Waals surface area contributed by atoms with E-state index in [2.05, 4.69) is 4.99 Å². The Balaban J connectivity index is 1.66. The summed E-state index contributed by atoms with van der Waals surface area (Å²) in [5, 5.41) is 0.812. The number of hydrogen-bond acceptors (Lipinski definition) is 8. The number of aryl methyl sites for hydroxylation is 1. The first-order chi connectivity index (χ1) is 20.0. The first kappa shape index (κ1) is 29.8. The second kappa shape index (κ2) is 11.9. The molecule has 0 saturated heterocycles. The molecule has 42 heavy (non-hydrogen) atoms. The van der Waals surface area contributed by atoms with E-state index in [9.17, 15) is 18.0 Å². The molecular weight excluding hydrogens is 619 g/mol. The molecule has 0 bridgehead atoms. The van der Waals surface area contributed by atoms with Crippen LogP contribution in [0.3, 0.4) is 0 Å². The summed E-state index contributed by atoms with van der Waals surface area (Å²) in [5.74, 6) is -0.594. The number of carbonyl (C=O) groups is 1. The normalized spacial score (nSPS) is 15.3. The summed E-state index contributed by atoms with van der Waals surface area (Å²) in [6, 6.07) is 16.7. The Morgan fingerprint density at radius 1 is 1.02 bits per heavy atom. The van der Waals surface area contributed by atoms with E-state index >= 15 is 0 Å². The zero-order valence-corrected chi connectivity index (χ0v) is 25.8. The van der Waals surface area contributed by atoms with Gasteiger partial charge in [-0.3, -0.25) is 9.36 Å². The summed E-state index contributed by atoms with van der Waals surface area (Å²) in [7, 11) is -4.18. The smallest absolute Gasteiger partial charge is 0.339 e. The highest BCUT2D eigenvalue weighted by Gasteiger charge is 2.33. The third-order valence-electron chi connectivity index (χ3n) is 6.47. The first-order valence-corrected chi connectivity index (χ1v) is 15.7. The number of allylic oxidation sites excluding steroid dienone is 1. The van der Waals surface area contributed by atoms with Crippen molar-refractivity contribution in [3.05, 3.63) is 124 Å². The minimum Gasteiger partial charge on any atom is -0.463 e. The summed E-state index contributed by atoms with van der Waals surface area (Å²) in [6.45, 7) is 5.38. The van der Waals surface area contributed by atoms with Crippen LogP contribution in [-0.2, 0) is 19.6 Å². The molecule has 1 atom stereocenters. The Kier molecular flexibility index (Phi) is 8.43. The third kappa shape index (κ3) is 5.94. The fourth-order valence-corrected chi connectivity index (χ4v) is 6.77. The van der Waals surface area contributed by atoms with Crippen LogP contribution in [0, 0.1) is 6.92 Å². The fourth-order valence-electron chi connectivity index (χ4n) is 4.47. The highest BCUT2D eigenvalue weighted by Crippen LogP contribution is 2.32. The number of carbonyl (C=O) groups excluding carboxylic acids is 1. The maximum Gasteiger partial charge on any atom is 0.339 e. The largest absolute Gasteiger partial charge is 0.463 e. The molecule has 216 valence electrons. The second-order valence-electron chi connectivity index (χ2n) is 9.39. The van der Waals surface area contributed by atoms with Crippen molar-refractivity contribution in [1.82, 2.24) is 4.57 Å². The highest BCUT2D eigenvalue weighted by molar-refractivity contribution is 7.87. The van der Waals surface area contributed by atoms with Crippen molar-refractivity contribution >= 4 is 56.7 Å². The predicted molar refractivity (Wildman–Crippen MR) is 162 cm³/mol. The first-order valence-electron chi connectivity index (χ1n) is 12.7. The van der Waals surface area contributed by atoms with E-state index in [-0.39, 0.29) is 32.9 Å². The molecule has 3 aromatic carbocycles. The SMILES string of the molecule is CCOC(=O)C1=C(C)N=c2s/c(=C\c3cc(Cl)ccc3OS(=O)(=O)c3ccc(C)cc3)c(=O)n2[C@@H]1c1ccc(Cl)cc1. The van der Waals surface area contributed by atoms with Gasteiger partial charge in [-0.2, -0.15) is 8.42 Å². The van der Waals surface area contributed by atoms with Gasteiger partial charge in [0.25, 0.3) is 5.56 Å². The van der Waals surface area contributed by atoms with Crippen LogP contribution in [0.1, 0.15) is 36.6 Å². The maximum atomic E-state index is 13.9. The van der Waals surface area contributed by atoms with E-state index in [4.69, 9.17) is 32.1 Å². The number of esters is 1. The topological polar surface area (TPSA) is 104 Å².